The second-order valence-electron chi connectivity index (χ2n) is 7.66. The zero-order chi connectivity index (χ0) is 23.4. The fourth-order valence-electron chi connectivity index (χ4n) is 3.94. The summed E-state index contributed by atoms with van der Waals surface area (Å²) in [5.74, 6) is 1.48. The number of hydrogen-bond acceptors (Lipinski definition) is 8. The molecule has 11 nitrogen and oxygen atoms in total. The van der Waals surface area contributed by atoms with Crippen molar-refractivity contribution in [3.05, 3.63) is 51.4 Å². The molecule has 0 spiro atoms. The van der Waals surface area contributed by atoms with Crippen LogP contribution in [0, 0.1) is 0 Å². The van der Waals surface area contributed by atoms with E-state index in [4.69, 9.17) is 9.47 Å². The maximum Gasteiger partial charge on any atom is 0.328 e. The minimum atomic E-state index is -0.524. The molecule has 0 saturated carbocycles. The summed E-state index contributed by atoms with van der Waals surface area (Å²) in [6, 6.07) is 4.87. The Balaban J connectivity index is 1.38. The summed E-state index contributed by atoms with van der Waals surface area (Å²) < 4.78 is 11.6. The lowest BCUT2D eigenvalue weighted by atomic mass is 10.2. The van der Waals surface area contributed by atoms with Crippen LogP contribution >= 0.6 is 0 Å². The van der Waals surface area contributed by atoms with Crippen LogP contribution in [0.2, 0.25) is 0 Å². The number of amides is 1. The summed E-state index contributed by atoms with van der Waals surface area (Å²) in [5, 5.41) is 0.317. The molecule has 33 heavy (non-hydrogen) atoms. The molecule has 4 rings (SSSR count). The minimum Gasteiger partial charge on any atom is -0.493 e. The van der Waals surface area contributed by atoms with E-state index in [-0.39, 0.29) is 18.9 Å². The van der Waals surface area contributed by atoms with Gasteiger partial charge in [-0.25, -0.2) is 14.8 Å². The van der Waals surface area contributed by atoms with Crippen LogP contribution < -0.4 is 25.6 Å². The average Bonchev–Trinajstić information content (AvgIpc) is 2.85. The van der Waals surface area contributed by atoms with Gasteiger partial charge in [0.25, 0.3) is 5.56 Å². The molecular weight excluding hydrogens is 428 g/mol. The molecule has 0 aliphatic carbocycles. The van der Waals surface area contributed by atoms with Crippen LogP contribution in [0.4, 0.5) is 5.95 Å². The third-order valence-corrected chi connectivity index (χ3v) is 5.73. The number of carbonyl (C=O) groups is 1. The van der Waals surface area contributed by atoms with Gasteiger partial charge < -0.3 is 24.3 Å². The van der Waals surface area contributed by atoms with Gasteiger partial charge in [-0.2, -0.15) is 0 Å². The molecule has 0 radical (unpaired) electrons. The van der Waals surface area contributed by atoms with Crippen molar-refractivity contribution in [1.29, 1.82) is 0 Å². The second kappa shape index (κ2) is 9.72. The number of carbonyl (C=O) groups excluding carboxylic acids is 1. The molecule has 3 aromatic rings. The van der Waals surface area contributed by atoms with E-state index >= 15 is 0 Å². The van der Waals surface area contributed by atoms with E-state index in [0.29, 0.717) is 61.0 Å². The zero-order valence-electron chi connectivity index (χ0n) is 18.6. The number of piperazine rings is 1. The van der Waals surface area contributed by atoms with Gasteiger partial charge in [0.15, 0.2) is 11.5 Å². The topological polar surface area (TPSA) is 123 Å². The van der Waals surface area contributed by atoms with Gasteiger partial charge in [0, 0.05) is 57.6 Å². The third kappa shape index (κ3) is 4.66. The SMILES string of the molecule is COc1cc2[nH]c(=O)n(CCCC(=O)N3CCN(c4ncccn4)CC3)c(=O)c2cc1OC. The molecule has 1 aromatic carbocycles. The molecule has 2 aromatic heterocycles. The average molecular weight is 454 g/mol. The molecular formula is C22H26N6O5. The number of ether oxygens (including phenoxy) is 2. The highest BCUT2D eigenvalue weighted by Gasteiger charge is 2.22. The van der Waals surface area contributed by atoms with E-state index in [1.54, 1.807) is 35.5 Å². The van der Waals surface area contributed by atoms with Crippen molar-refractivity contribution >= 4 is 22.8 Å². The molecule has 1 saturated heterocycles. The van der Waals surface area contributed by atoms with Gasteiger partial charge in [-0.15, -0.1) is 0 Å². The van der Waals surface area contributed by atoms with Crippen LogP contribution in [-0.2, 0) is 11.3 Å². The van der Waals surface area contributed by atoms with Crippen molar-refractivity contribution in [3.8, 4) is 11.5 Å². The standard InChI is InChI=1S/C22H26N6O5/c1-32-17-13-15-16(14-18(17)33-2)25-22(31)28(20(15)30)8-3-5-19(29)26-9-11-27(12-10-26)21-23-6-4-7-24-21/h4,6-7,13-14H,3,5,8-12H2,1-2H3,(H,25,31). The second-order valence-corrected chi connectivity index (χ2v) is 7.66. The normalized spacial score (nSPS) is 13.9. The zero-order valence-corrected chi connectivity index (χ0v) is 18.6. The van der Waals surface area contributed by atoms with Crippen LogP contribution in [0.25, 0.3) is 10.9 Å². The summed E-state index contributed by atoms with van der Waals surface area (Å²) in [6.07, 6.45) is 4.02. The first kappa shape index (κ1) is 22.3. The third-order valence-electron chi connectivity index (χ3n) is 5.73. The quantitative estimate of drug-likeness (QED) is 0.551. The molecule has 0 bridgehead atoms. The van der Waals surface area contributed by atoms with E-state index in [0.717, 1.165) is 4.57 Å². The van der Waals surface area contributed by atoms with Crippen LogP contribution in [-0.4, -0.2) is 70.7 Å². The summed E-state index contributed by atoms with van der Waals surface area (Å²) >= 11 is 0. The van der Waals surface area contributed by atoms with Gasteiger partial charge >= 0.3 is 5.69 Å². The first-order chi connectivity index (χ1) is 16.0. The number of H-pyrrole nitrogens is 1. The predicted octanol–water partition coefficient (Wildman–Crippen LogP) is 0.626. The smallest absolute Gasteiger partial charge is 0.328 e. The minimum absolute atomic E-state index is 0.000280. The number of anilines is 1. The number of rotatable bonds is 7. The Labute approximate surface area is 189 Å². The first-order valence-electron chi connectivity index (χ1n) is 10.7. The number of hydrogen-bond donors (Lipinski definition) is 1. The molecule has 1 aliphatic rings. The van der Waals surface area contributed by atoms with E-state index in [2.05, 4.69) is 15.0 Å². The van der Waals surface area contributed by atoms with Gasteiger partial charge in [-0.05, 0) is 18.6 Å². The molecule has 1 fully saturated rings. The van der Waals surface area contributed by atoms with E-state index in [1.807, 2.05) is 4.90 Å². The Morgan fingerprint density at radius 2 is 1.70 bits per heavy atom. The molecule has 0 unspecified atom stereocenters. The summed E-state index contributed by atoms with van der Waals surface area (Å²) in [7, 11) is 2.96. The molecule has 174 valence electrons. The van der Waals surface area contributed by atoms with Crippen LogP contribution in [0.1, 0.15) is 12.8 Å². The van der Waals surface area contributed by atoms with E-state index in [9.17, 15) is 14.4 Å². The Hall–Kier alpha value is -3.89. The molecule has 1 amide bonds. The van der Waals surface area contributed by atoms with Crippen molar-refractivity contribution in [1.82, 2.24) is 24.4 Å². The lowest BCUT2D eigenvalue weighted by Crippen LogP contribution is -2.49. The highest BCUT2D eigenvalue weighted by molar-refractivity contribution is 5.81. The molecule has 11 heteroatoms. The van der Waals surface area contributed by atoms with Crippen molar-refractivity contribution in [2.24, 2.45) is 0 Å². The highest BCUT2D eigenvalue weighted by Crippen LogP contribution is 2.29. The first-order valence-corrected chi connectivity index (χ1v) is 10.7. The maximum absolute atomic E-state index is 12.9. The van der Waals surface area contributed by atoms with Crippen molar-refractivity contribution in [3.63, 3.8) is 0 Å². The molecule has 1 aliphatic heterocycles. The van der Waals surface area contributed by atoms with Crippen LogP contribution in [0.3, 0.4) is 0 Å². The van der Waals surface area contributed by atoms with Crippen molar-refractivity contribution in [2.75, 3.05) is 45.3 Å². The fourth-order valence-corrected chi connectivity index (χ4v) is 3.94. The summed E-state index contributed by atoms with van der Waals surface area (Å²) in [6.45, 7) is 2.61. The number of methoxy groups -OCH3 is 2. The summed E-state index contributed by atoms with van der Waals surface area (Å²) in [5.41, 5.74) is -0.586. The Morgan fingerprint density at radius 3 is 2.36 bits per heavy atom. The van der Waals surface area contributed by atoms with Crippen LogP contribution in [0.15, 0.2) is 40.2 Å². The van der Waals surface area contributed by atoms with E-state index < -0.39 is 11.2 Å². The molecule has 3 heterocycles. The van der Waals surface area contributed by atoms with Crippen LogP contribution in [0.5, 0.6) is 11.5 Å². The Kier molecular flexibility index (Phi) is 6.57. The van der Waals surface area contributed by atoms with Gasteiger partial charge in [-0.3, -0.25) is 14.2 Å². The lowest BCUT2D eigenvalue weighted by molar-refractivity contribution is -0.131. The Morgan fingerprint density at radius 1 is 1.03 bits per heavy atom. The highest BCUT2D eigenvalue weighted by atomic mass is 16.5. The van der Waals surface area contributed by atoms with Gasteiger partial charge in [0.1, 0.15) is 0 Å². The Bertz CT molecular complexity index is 1250. The number of aromatic amines is 1. The number of nitrogens with one attached hydrogen (secondary N) is 1. The largest absolute Gasteiger partial charge is 0.493 e. The predicted molar refractivity (Wildman–Crippen MR) is 122 cm³/mol. The van der Waals surface area contributed by atoms with Crippen molar-refractivity contribution < 1.29 is 14.3 Å². The number of nitrogens with zero attached hydrogens (tertiary/aromatic N) is 5. The van der Waals surface area contributed by atoms with Gasteiger partial charge in [0.2, 0.25) is 11.9 Å². The number of fused-ring (bicyclic) bond motifs is 1. The van der Waals surface area contributed by atoms with E-state index in [1.165, 1.54) is 14.2 Å². The monoisotopic (exact) mass is 454 g/mol. The number of benzene rings is 1. The molecule has 1 N–H and O–H groups in total. The van der Waals surface area contributed by atoms with Gasteiger partial charge in [0.05, 0.1) is 25.1 Å². The van der Waals surface area contributed by atoms with Crippen molar-refractivity contribution in [2.45, 2.75) is 19.4 Å². The lowest BCUT2D eigenvalue weighted by Gasteiger charge is -2.34. The molecule has 0 atom stereocenters. The fraction of sp³-hybridized carbons (Fsp3) is 0.409. The maximum atomic E-state index is 12.9. The summed E-state index contributed by atoms with van der Waals surface area (Å²) in [4.78, 5) is 53.1. The van der Waals surface area contributed by atoms with Gasteiger partial charge in [-0.1, -0.05) is 0 Å². The number of aromatic nitrogens is 4.